The molecule has 0 N–H and O–H groups in total. The standard InChI is InChI=1S/C33H45N3O3S2/c1-3-4-5-6-10-23-39-27-11-14-29(15-12-27)41(37,38)32-25-34-31-16-13-28(40-2)24-30(31)33(32)36-21-17-26(18-22-36)35-19-8-7-9-20-35/h11-16,24-26H,3-10,17-23H2,1-2H3. The van der Waals surface area contributed by atoms with Gasteiger partial charge in [-0.25, -0.2) is 8.42 Å². The number of rotatable bonds is 12. The number of fused-ring (bicyclic) bond motifs is 1. The molecule has 6 nitrogen and oxygen atoms in total. The number of piperidine rings is 2. The highest BCUT2D eigenvalue weighted by atomic mass is 32.2. The topological polar surface area (TPSA) is 62.7 Å². The van der Waals surface area contributed by atoms with Crippen LogP contribution in [0.4, 0.5) is 5.69 Å². The lowest BCUT2D eigenvalue weighted by molar-refractivity contribution is 0.141. The van der Waals surface area contributed by atoms with Gasteiger partial charge < -0.3 is 14.5 Å². The Balaban J connectivity index is 1.40. The molecule has 0 amide bonds. The summed E-state index contributed by atoms with van der Waals surface area (Å²) in [6, 6.07) is 13.7. The van der Waals surface area contributed by atoms with Crippen LogP contribution in [0.25, 0.3) is 10.9 Å². The van der Waals surface area contributed by atoms with E-state index < -0.39 is 9.84 Å². The summed E-state index contributed by atoms with van der Waals surface area (Å²) < 4.78 is 34.2. The van der Waals surface area contributed by atoms with E-state index in [1.807, 2.05) is 12.3 Å². The molecule has 0 radical (unpaired) electrons. The maximum absolute atomic E-state index is 14.2. The van der Waals surface area contributed by atoms with Gasteiger partial charge in [0.2, 0.25) is 9.84 Å². The molecule has 1 aromatic heterocycles. The van der Waals surface area contributed by atoms with E-state index in [2.05, 4.69) is 33.8 Å². The van der Waals surface area contributed by atoms with E-state index >= 15 is 0 Å². The summed E-state index contributed by atoms with van der Waals surface area (Å²) in [4.78, 5) is 11.3. The van der Waals surface area contributed by atoms with Crippen molar-refractivity contribution in [2.75, 3.05) is 43.9 Å². The molecular weight excluding hydrogens is 551 g/mol. The number of pyridine rings is 1. The minimum absolute atomic E-state index is 0.277. The molecule has 5 rings (SSSR count). The third kappa shape index (κ3) is 7.20. The average molecular weight is 596 g/mol. The zero-order valence-electron chi connectivity index (χ0n) is 24.7. The summed E-state index contributed by atoms with van der Waals surface area (Å²) >= 11 is 1.66. The lowest BCUT2D eigenvalue weighted by Crippen LogP contribution is -2.47. The highest BCUT2D eigenvalue weighted by Gasteiger charge is 2.31. The maximum atomic E-state index is 14.2. The Morgan fingerprint density at radius 3 is 2.37 bits per heavy atom. The summed E-state index contributed by atoms with van der Waals surface area (Å²) in [7, 11) is -3.79. The fraction of sp³-hybridized carbons (Fsp3) is 0.545. The first-order valence-electron chi connectivity index (χ1n) is 15.4. The predicted molar refractivity (Wildman–Crippen MR) is 170 cm³/mol. The number of nitrogens with zero attached hydrogens (tertiary/aromatic N) is 3. The molecule has 2 aromatic carbocycles. The number of anilines is 1. The fourth-order valence-corrected chi connectivity index (χ4v) is 8.14. The highest BCUT2D eigenvalue weighted by molar-refractivity contribution is 7.98. The number of unbranched alkanes of at least 4 members (excludes halogenated alkanes) is 4. The molecule has 0 aliphatic carbocycles. The van der Waals surface area contributed by atoms with Crippen molar-refractivity contribution in [2.24, 2.45) is 0 Å². The van der Waals surface area contributed by atoms with E-state index in [-0.39, 0.29) is 4.90 Å². The molecule has 0 saturated carbocycles. The van der Waals surface area contributed by atoms with Crippen LogP contribution in [0.3, 0.4) is 0 Å². The Morgan fingerprint density at radius 1 is 0.927 bits per heavy atom. The third-order valence-corrected chi connectivity index (χ3v) is 11.1. The van der Waals surface area contributed by atoms with Crippen LogP contribution in [0.15, 0.2) is 63.3 Å². The molecule has 2 aliphatic heterocycles. The van der Waals surface area contributed by atoms with Crippen molar-refractivity contribution < 1.29 is 13.2 Å². The smallest absolute Gasteiger partial charge is 0.210 e. The van der Waals surface area contributed by atoms with Crippen molar-refractivity contribution in [3.63, 3.8) is 0 Å². The Labute approximate surface area is 250 Å². The number of ether oxygens (including phenoxy) is 1. The van der Waals surface area contributed by atoms with Gasteiger partial charge in [-0.3, -0.25) is 4.98 Å². The van der Waals surface area contributed by atoms with Crippen LogP contribution in [-0.4, -0.2) is 63.4 Å². The monoisotopic (exact) mass is 595 g/mol. The van der Waals surface area contributed by atoms with E-state index in [1.165, 1.54) is 51.6 Å². The Hall–Kier alpha value is -2.29. The number of hydrogen-bond acceptors (Lipinski definition) is 7. The average Bonchev–Trinajstić information content (AvgIpc) is 3.02. The number of sulfone groups is 1. The Bertz CT molecular complexity index is 1380. The van der Waals surface area contributed by atoms with Crippen molar-refractivity contribution in [1.29, 1.82) is 0 Å². The normalized spacial score (nSPS) is 17.3. The van der Waals surface area contributed by atoms with Crippen molar-refractivity contribution in [3.8, 4) is 5.75 Å². The molecule has 0 atom stereocenters. The van der Waals surface area contributed by atoms with Gasteiger partial charge in [0.05, 0.1) is 22.7 Å². The molecule has 0 bridgehead atoms. The van der Waals surface area contributed by atoms with Crippen LogP contribution in [0.1, 0.15) is 71.1 Å². The van der Waals surface area contributed by atoms with Gasteiger partial charge in [-0.15, -0.1) is 11.8 Å². The first-order valence-corrected chi connectivity index (χ1v) is 18.2. The minimum Gasteiger partial charge on any atom is -0.494 e. The summed E-state index contributed by atoms with van der Waals surface area (Å²) in [5.74, 6) is 0.709. The summed E-state index contributed by atoms with van der Waals surface area (Å²) in [6.07, 6.45) is 15.5. The van der Waals surface area contributed by atoms with Gasteiger partial charge in [-0.1, -0.05) is 39.0 Å². The van der Waals surface area contributed by atoms with Gasteiger partial charge in [0, 0.05) is 35.6 Å². The van der Waals surface area contributed by atoms with Crippen LogP contribution in [0, 0.1) is 0 Å². The molecule has 2 aliphatic rings. The number of likely N-dealkylation sites (tertiary alicyclic amines) is 1. The largest absolute Gasteiger partial charge is 0.494 e. The van der Waals surface area contributed by atoms with Gasteiger partial charge in [0.1, 0.15) is 10.6 Å². The van der Waals surface area contributed by atoms with Crippen molar-refractivity contribution in [1.82, 2.24) is 9.88 Å². The van der Waals surface area contributed by atoms with Gasteiger partial charge in [0.15, 0.2) is 0 Å². The number of hydrogen-bond donors (Lipinski definition) is 0. The van der Waals surface area contributed by atoms with E-state index in [0.29, 0.717) is 23.3 Å². The number of thioether (sulfide) groups is 1. The van der Waals surface area contributed by atoms with Crippen LogP contribution in [0.2, 0.25) is 0 Å². The molecule has 41 heavy (non-hydrogen) atoms. The quantitative estimate of drug-likeness (QED) is 0.158. The van der Waals surface area contributed by atoms with Crippen molar-refractivity contribution in [2.45, 2.75) is 91.9 Å². The lowest BCUT2D eigenvalue weighted by atomic mass is 9.99. The van der Waals surface area contributed by atoms with E-state index in [9.17, 15) is 8.42 Å². The molecule has 0 unspecified atom stereocenters. The summed E-state index contributed by atoms with van der Waals surface area (Å²) in [6.45, 7) is 6.94. The zero-order chi connectivity index (χ0) is 28.7. The Kier molecular flexibility index (Phi) is 10.5. The molecule has 0 spiro atoms. The second-order valence-electron chi connectivity index (χ2n) is 11.4. The first kappa shape index (κ1) is 30.2. The minimum atomic E-state index is -3.79. The highest BCUT2D eigenvalue weighted by Crippen LogP contribution is 2.39. The van der Waals surface area contributed by atoms with Crippen LogP contribution >= 0.6 is 11.8 Å². The fourth-order valence-electron chi connectivity index (χ4n) is 6.27. The molecule has 222 valence electrons. The van der Waals surface area contributed by atoms with Crippen molar-refractivity contribution in [3.05, 3.63) is 48.7 Å². The van der Waals surface area contributed by atoms with E-state index in [1.54, 1.807) is 42.2 Å². The molecular formula is C33H45N3O3S2. The van der Waals surface area contributed by atoms with Crippen LogP contribution < -0.4 is 9.64 Å². The van der Waals surface area contributed by atoms with Crippen LogP contribution in [-0.2, 0) is 9.84 Å². The molecule has 3 aromatic rings. The Morgan fingerprint density at radius 2 is 1.66 bits per heavy atom. The van der Waals surface area contributed by atoms with Gasteiger partial charge >= 0.3 is 0 Å². The predicted octanol–water partition coefficient (Wildman–Crippen LogP) is 7.59. The summed E-state index contributed by atoms with van der Waals surface area (Å²) in [5, 5.41) is 0.914. The molecule has 8 heteroatoms. The van der Waals surface area contributed by atoms with Gasteiger partial charge in [-0.05, 0) is 93.9 Å². The lowest BCUT2D eigenvalue weighted by Gasteiger charge is -2.41. The molecule has 3 heterocycles. The third-order valence-electron chi connectivity index (χ3n) is 8.64. The van der Waals surface area contributed by atoms with E-state index in [4.69, 9.17) is 4.74 Å². The second-order valence-corrected chi connectivity index (χ2v) is 14.2. The summed E-state index contributed by atoms with van der Waals surface area (Å²) in [5.41, 5.74) is 1.63. The van der Waals surface area contributed by atoms with Gasteiger partial charge in [-0.2, -0.15) is 0 Å². The number of benzene rings is 2. The SMILES string of the molecule is CCCCCCCOc1ccc(S(=O)(=O)c2cnc3ccc(SC)cc3c2N2CCC(N3CCCCC3)CC2)cc1. The first-order chi connectivity index (χ1) is 20.0. The molecule has 2 fully saturated rings. The number of aromatic nitrogens is 1. The van der Waals surface area contributed by atoms with Crippen molar-refractivity contribution >= 4 is 38.2 Å². The van der Waals surface area contributed by atoms with Gasteiger partial charge in [0.25, 0.3) is 0 Å². The maximum Gasteiger partial charge on any atom is 0.210 e. The molecule has 2 saturated heterocycles. The zero-order valence-corrected chi connectivity index (χ0v) is 26.3. The second kappa shape index (κ2) is 14.3. The van der Waals surface area contributed by atoms with Crippen LogP contribution in [0.5, 0.6) is 5.75 Å². The van der Waals surface area contributed by atoms with E-state index in [0.717, 1.165) is 60.3 Å².